The molecular formula is C15H20B. The number of rotatable bonds is 2. The first-order chi connectivity index (χ1) is 7.92. The first-order valence-corrected chi connectivity index (χ1v) is 6.81. The van der Waals surface area contributed by atoms with Crippen LogP contribution >= 0.6 is 0 Å². The quantitative estimate of drug-likeness (QED) is 0.646. The molecule has 16 heavy (non-hydrogen) atoms. The van der Waals surface area contributed by atoms with Crippen molar-refractivity contribution >= 4 is 7.28 Å². The molecule has 0 aromatic heterocycles. The van der Waals surface area contributed by atoms with E-state index in [2.05, 4.69) is 37.6 Å². The van der Waals surface area contributed by atoms with Gasteiger partial charge in [-0.3, -0.25) is 0 Å². The number of benzene rings is 1. The second-order valence-corrected chi connectivity index (χ2v) is 5.57. The van der Waals surface area contributed by atoms with Gasteiger partial charge in [0.05, 0.1) is 0 Å². The predicted molar refractivity (Wildman–Crippen MR) is 70.0 cm³/mol. The minimum absolute atomic E-state index is 0.924. The molecule has 2 heterocycles. The first-order valence-electron chi connectivity index (χ1n) is 6.81. The van der Waals surface area contributed by atoms with Crippen molar-refractivity contribution in [3.05, 3.63) is 35.9 Å². The molecular weight excluding hydrogens is 191 g/mol. The Morgan fingerprint density at radius 3 is 2.75 bits per heavy atom. The lowest BCUT2D eigenvalue weighted by atomic mass is 9.41. The number of hydrogen-bond donors (Lipinski definition) is 0. The summed E-state index contributed by atoms with van der Waals surface area (Å²) in [5, 5.41) is 0. The Labute approximate surface area is 99.7 Å². The molecule has 2 aliphatic rings. The number of fused-ring (bicyclic) bond motifs is 2. The van der Waals surface area contributed by atoms with Crippen LogP contribution in [0.5, 0.6) is 0 Å². The Hall–Kier alpha value is -0.715. The van der Waals surface area contributed by atoms with E-state index >= 15 is 0 Å². The molecule has 0 spiro atoms. The average Bonchev–Trinajstić information content (AvgIpc) is 2.35. The maximum Gasteiger partial charge on any atom is 0.118 e. The predicted octanol–water partition coefficient (Wildman–Crippen LogP) is 4.10. The number of hydrogen-bond acceptors (Lipinski definition) is 0. The van der Waals surface area contributed by atoms with Crippen LogP contribution in [0.1, 0.15) is 37.7 Å². The van der Waals surface area contributed by atoms with E-state index in [9.17, 15) is 0 Å². The van der Waals surface area contributed by atoms with Gasteiger partial charge >= 0.3 is 0 Å². The molecule has 2 bridgehead atoms. The minimum atomic E-state index is 0.924. The molecule has 1 aromatic rings. The summed E-state index contributed by atoms with van der Waals surface area (Å²) >= 11 is 0. The Morgan fingerprint density at radius 1 is 1.00 bits per heavy atom. The van der Waals surface area contributed by atoms with Gasteiger partial charge in [0, 0.05) is 0 Å². The Balaban J connectivity index is 1.66. The molecule has 2 fully saturated rings. The highest BCUT2D eigenvalue weighted by Gasteiger charge is 2.33. The third-order valence-corrected chi connectivity index (χ3v) is 4.49. The molecule has 1 heteroatoms. The molecule has 0 saturated carbocycles. The fraction of sp³-hybridized carbons (Fsp3) is 0.600. The molecule has 2 saturated heterocycles. The van der Waals surface area contributed by atoms with Crippen LogP contribution < -0.4 is 0 Å². The van der Waals surface area contributed by atoms with Gasteiger partial charge in [0.15, 0.2) is 0 Å². The van der Waals surface area contributed by atoms with Gasteiger partial charge in [0.2, 0.25) is 0 Å². The summed E-state index contributed by atoms with van der Waals surface area (Å²) in [5.41, 5.74) is 1.53. The van der Waals surface area contributed by atoms with E-state index < -0.39 is 0 Å². The van der Waals surface area contributed by atoms with Gasteiger partial charge in [-0.2, -0.15) is 0 Å². The van der Waals surface area contributed by atoms with Gasteiger partial charge in [-0.05, 0) is 17.9 Å². The van der Waals surface area contributed by atoms with Crippen molar-refractivity contribution in [2.45, 2.75) is 50.2 Å². The van der Waals surface area contributed by atoms with Gasteiger partial charge in [-0.1, -0.05) is 74.1 Å². The second kappa shape index (κ2) is 4.65. The summed E-state index contributed by atoms with van der Waals surface area (Å²) in [4.78, 5) is 0. The fourth-order valence-corrected chi connectivity index (χ4v) is 3.60. The maximum atomic E-state index is 2.68. The maximum absolute atomic E-state index is 2.68. The Bertz CT molecular complexity index is 333. The van der Waals surface area contributed by atoms with E-state index in [-0.39, 0.29) is 0 Å². The molecule has 1 aromatic carbocycles. The molecule has 0 amide bonds. The molecule has 0 N–H and O–H groups in total. The largest absolute Gasteiger partial charge is 0.118 e. The van der Waals surface area contributed by atoms with Crippen molar-refractivity contribution in [2.24, 2.45) is 5.92 Å². The van der Waals surface area contributed by atoms with Crippen molar-refractivity contribution in [3.63, 3.8) is 0 Å². The van der Waals surface area contributed by atoms with Crippen molar-refractivity contribution in [2.75, 3.05) is 0 Å². The smallest absolute Gasteiger partial charge is 0.0686 e. The van der Waals surface area contributed by atoms with E-state index in [0.717, 1.165) is 17.6 Å². The van der Waals surface area contributed by atoms with Crippen LogP contribution in [0.25, 0.3) is 0 Å². The summed E-state index contributed by atoms with van der Waals surface area (Å²) in [6, 6.07) is 11.0. The zero-order chi connectivity index (χ0) is 10.8. The third-order valence-electron chi connectivity index (χ3n) is 4.49. The van der Waals surface area contributed by atoms with E-state index in [4.69, 9.17) is 0 Å². The van der Waals surface area contributed by atoms with Crippen LogP contribution in [0.4, 0.5) is 0 Å². The normalized spacial score (nSPS) is 33.1. The highest BCUT2D eigenvalue weighted by Crippen LogP contribution is 2.45. The van der Waals surface area contributed by atoms with Crippen molar-refractivity contribution in [1.82, 2.24) is 0 Å². The minimum Gasteiger partial charge on any atom is -0.0686 e. The van der Waals surface area contributed by atoms with Gasteiger partial charge in [-0.15, -0.1) is 0 Å². The molecule has 0 aliphatic carbocycles. The summed E-state index contributed by atoms with van der Waals surface area (Å²) in [5.74, 6) is 2.82. The standard InChI is InChI=1S/C15H20B/c1-2-5-12(6-3-1)11-13-9-10-14-7-4-8-15(13)16-14/h1-3,5-6,13-15H,4,7-11H2. The van der Waals surface area contributed by atoms with Gasteiger partial charge in [-0.25, -0.2) is 0 Å². The molecule has 0 nitrogen and oxygen atoms in total. The van der Waals surface area contributed by atoms with E-state index in [1.807, 2.05) is 0 Å². The van der Waals surface area contributed by atoms with E-state index in [1.165, 1.54) is 44.1 Å². The molecule has 1 radical (unpaired) electrons. The molecule has 83 valence electrons. The van der Waals surface area contributed by atoms with E-state index in [1.54, 1.807) is 0 Å². The van der Waals surface area contributed by atoms with Crippen LogP contribution in [0.2, 0.25) is 11.6 Å². The van der Waals surface area contributed by atoms with E-state index in [0.29, 0.717) is 0 Å². The molecule has 3 rings (SSSR count). The summed E-state index contributed by atoms with van der Waals surface area (Å²) in [6.45, 7) is 0. The van der Waals surface area contributed by atoms with Crippen molar-refractivity contribution in [1.29, 1.82) is 0 Å². The van der Waals surface area contributed by atoms with Crippen molar-refractivity contribution < 1.29 is 0 Å². The van der Waals surface area contributed by atoms with Crippen LogP contribution in [-0.4, -0.2) is 7.28 Å². The summed E-state index contributed by atoms with van der Waals surface area (Å²) in [6.07, 6.45) is 8.60. The van der Waals surface area contributed by atoms with Crippen LogP contribution in [0, 0.1) is 5.92 Å². The molecule has 2 aliphatic heterocycles. The molecule has 3 unspecified atom stereocenters. The highest BCUT2D eigenvalue weighted by atomic mass is 14.3. The first kappa shape index (κ1) is 10.4. The fourth-order valence-electron chi connectivity index (χ4n) is 3.60. The lowest BCUT2D eigenvalue weighted by molar-refractivity contribution is 0.340. The SMILES string of the molecule is [B]1C2CCCC1C(Cc1ccccc1)CC2. The van der Waals surface area contributed by atoms with Gasteiger partial charge in [0.25, 0.3) is 0 Å². The second-order valence-electron chi connectivity index (χ2n) is 5.57. The summed E-state index contributed by atoms with van der Waals surface area (Å²) < 4.78 is 0. The molecule has 3 atom stereocenters. The van der Waals surface area contributed by atoms with Crippen molar-refractivity contribution in [3.8, 4) is 0 Å². The lowest BCUT2D eigenvalue weighted by Crippen LogP contribution is -2.30. The topological polar surface area (TPSA) is 0 Å². The van der Waals surface area contributed by atoms with Gasteiger partial charge in [0.1, 0.15) is 7.28 Å². The zero-order valence-corrected chi connectivity index (χ0v) is 9.94. The highest BCUT2D eigenvalue weighted by molar-refractivity contribution is 6.40. The van der Waals surface area contributed by atoms with Crippen LogP contribution in [0.15, 0.2) is 30.3 Å². The third kappa shape index (κ3) is 2.19. The Morgan fingerprint density at radius 2 is 1.88 bits per heavy atom. The monoisotopic (exact) mass is 211 g/mol. The van der Waals surface area contributed by atoms with Crippen LogP contribution in [0.3, 0.4) is 0 Å². The summed E-state index contributed by atoms with van der Waals surface area (Å²) in [7, 11) is 2.68. The average molecular weight is 211 g/mol. The lowest BCUT2D eigenvalue weighted by Gasteiger charge is -2.39. The van der Waals surface area contributed by atoms with Gasteiger partial charge < -0.3 is 0 Å². The Kier molecular flexibility index (Phi) is 3.03. The zero-order valence-electron chi connectivity index (χ0n) is 9.94. The van der Waals surface area contributed by atoms with Crippen LogP contribution in [-0.2, 0) is 6.42 Å².